The first-order valence-corrected chi connectivity index (χ1v) is 10.5. The number of fused-ring (bicyclic) bond motifs is 1. The summed E-state index contributed by atoms with van der Waals surface area (Å²) in [5.74, 6) is -1.21. The van der Waals surface area contributed by atoms with Crippen molar-refractivity contribution < 1.29 is 19.3 Å². The molecule has 4 rings (SSSR count). The van der Waals surface area contributed by atoms with Crippen molar-refractivity contribution in [3.05, 3.63) is 75.3 Å². The lowest BCUT2D eigenvalue weighted by molar-refractivity contribution is -0.384. The number of likely N-dealkylation sites (tertiary alicyclic amines) is 1. The van der Waals surface area contributed by atoms with Crippen molar-refractivity contribution in [3.63, 3.8) is 0 Å². The Morgan fingerprint density at radius 1 is 0.903 bits per heavy atom. The number of nitrogens with zero attached hydrogens (tertiary/aromatic N) is 3. The van der Waals surface area contributed by atoms with Gasteiger partial charge in [0.2, 0.25) is 5.91 Å². The van der Waals surface area contributed by atoms with Gasteiger partial charge in [-0.3, -0.25) is 29.4 Å². The van der Waals surface area contributed by atoms with Crippen LogP contribution in [0.15, 0.2) is 48.5 Å². The molecule has 2 aliphatic rings. The topological polar surface area (TPSA) is 101 Å². The molecule has 0 aliphatic carbocycles. The summed E-state index contributed by atoms with van der Waals surface area (Å²) in [5.41, 5.74) is 1.19. The Balaban J connectivity index is 1.67. The molecule has 0 radical (unpaired) electrons. The summed E-state index contributed by atoms with van der Waals surface area (Å²) in [5, 5.41) is 10.9. The van der Waals surface area contributed by atoms with E-state index in [1.807, 2.05) is 0 Å². The number of carbonyl (C=O) groups is 3. The third-order valence-electron chi connectivity index (χ3n) is 5.92. The van der Waals surface area contributed by atoms with Crippen LogP contribution in [0, 0.1) is 10.1 Å². The van der Waals surface area contributed by atoms with Gasteiger partial charge in [-0.15, -0.1) is 0 Å². The Morgan fingerprint density at radius 2 is 1.45 bits per heavy atom. The SMILES string of the molecule is O=C(C(Cc1ccc([N+](=O)[O-])cc1)N1C(=O)c2ccccc2C1=O)N1CCCCCC1. The van der Waals surface area contributed by atoms with E-state index in [0.29, 0.717) is 29.8 Å². The van der Waals surface area contributed by atoms with Gasteiger partial charge in [-0.05, 0) is 30.5 Å². The molecule has 2 aromatic rings. The molecule has 0 saturated carbocycles. The van der Waals surface area contributed by atoms with Gasteiger partial charge < -0.3 is 4.90 Å². The molecule has 0 aromatic heterocycles. The number of benzene rings is 2. The maximum Gasteiger partial charge on any atom is 0.269 e. The molecular weight excluding hydrogens is 398 g/mol. The zero-order valence-corrected chi connectivity index (χ0v) is 17.0. The fraction of sp³-hybridized carbons (Fsp3) is 0.348. The molecule has 1 fully saturated rings. The third-order valence-corrected chi connectivity index (χ3v) is 5.92. The fourth-order valence-corrected chi connectivity index (χ4v) is 4.26. The predicted octanol–water partition coefficient (Wildman–Crippen LogP) is 3.20. The Morgan fingerprint density at radius 3 is 1.97 bits per heavy atom. The molecule has 31 heavy (non-hydrogen) atoms. The van der Waals surface area contributed by atoms with Crippen LogP contribution in [-0.2, 0) is 11.2 Å². The first kappa shape index (κ1) is 20.7. The lowest BCUT2D eigenvalue weighted by Crippen LogP contribution is -2.52. The Hall–Kier alpha value is -3.55. The largest absolute Gasteiger partial charge is 0.341 e. The van der Waals surface area contributed by atoms with Crippen LogP contribution in [0.1, 0.15) is 52.0 Å². The lowest BCUT2D eigenvalue weighted by Gasteiger charge is -2.31. The highest BCUT2D eigenvalue weighted by atomic mass is 16.6. The van der Waals surface area contributed by atoms with Crippen molar-refractivity contribution >= 4 is 23.4 Å². The minimum Gasteiger partial charge on any atom is -0.341 e. The molecular formula is C23H23N3O5. The summed E-state index contributed by atoms with van der Waals surface area (Å²) in [4.78, 5) is 53.0. The lowest BCUT2D eigenvalue weighted by atomic mass is 10.0. The van der Waals surface area contributed by atoms with Crippen LogP contribution in [0.3, 0.4) is 0 Å². The molecule has 0 bridgehead atoms. The molecule has 2 aromatic carbocycles. The summed E-state index contributed by atoms with van der Waals surface area (Å²) in [7, 11) is 0. The maximum absolute atomic E-state index is 13.5. The Kier molecular flexibility index (Phi) is 5.79. The van der Waals surface area contributed by atoms with Gasteiger partial charge in [0.1, 0.15) is 6.04 Å². The van der Waals surface area contributed by atoms with Crippen LogP contribution in [0.2, 0.25) is 0 Å². The number of hydrogen-bond donors (Lipinski definition) is 0. The van der Waals surface area contributed by atoms with Crippen LogP contribution in [0.4, 0.5) is 5.69 Å². The molecule has 8 heteroatoms. The second-order valence-corrected chi connectivity index (χ2v) is 7.91. The minimum absolute atomic E-state index is 0.0557. The second kappa shape index (κ2) is 8.67. The highest BCUT2D eigenvalue weighted by Gasteiger charge is 2.43. The van der Waals surface area contributed by atoms with Crippen molar-refractivity contribution in [1.82, 2.24) is 9.80 Å². The second-order valence-electron chi connectivity index (χ2n) is 7.91. The number of amides is 3. The van der Waals surface area contributed by atoms with E-state index < -0.39 is 22.8 Å². The molecule has 1 unspecified atom stereocenters. The van der Waals surface area contributed by atoms with E-state index in [-0.39, 0.29) is 18.0 Å². The quantitative estimate of drug-likeness (QED) is 0.419. The van der Waals surface area contributed by atoms with Crippen molar-refractivity contribution in [1.29, 1.82) is 0 Å². The van der Waals surface area contributed by atoms with E-state index in [2.05, 4.69) is 0 Å². The summed E-state index contributed by atoms with van der Waals surface area (Å²) >= 11 is 0. The molecule has 0 N–H and O–H groups in total. The third kappa shape index (κ3) is 4.05. The van der Waals surface area contributed by atoms with Gasteiger partial charge in [-0.1, -0.05) is 37.1 Å². The standard InChI is InChI=1S/C23H23N3O5/c27-21-18-7-3-4-8-19(18)22(28)25(21)20(23(29)24-13-5-1-2-6-14-24)15-16-9-11-17(12-10-16)26(30)31/h3-4,7-12,20H,1-2,5-6,13-15H2. The van der Waals surface area contributed by atoms with Gasteiger partial charge >= 0.3 is 0 Å². The van der Waals surface area contributed by atoms with Gasteiger partial charge in [0, 0.05) is 31.6 Å². The average molecular weight is 421 g/mol. The molecule has 2 aliphatic heterocycles. The van der Waals surface area contributed by atoms with Gasteiger partial charge in [0.05, 0.1) is 16.1 Å². The number of non-ortho nitro benzene ring substituents is 1. The molecule has 0 spiro atoms. The summed E-state index contributed by atoms with van der Waals surface area (Å²) in [6.45, 7) is 1.19. The summed E-state index contributed by atoms with van der Waals surface area (Å²) < 4.78 is 0. The van der Waals surface area contributed by atoms with Gasteiger partial charge in [0.25, 0.3) is 17.5 Å². The van der Waals surface area contributed by atoms with E-state index in [9.17, 15) is 24.5 Å². The first-order valence-electron chi connectivity index (χ1n) is 10.5. The maximum atomic E-state index is 13.5. The number of nitro benzene ring substituents is 1. The van der Waals surface area contributed by atoms with Crippen molar-refractivity contribution in [3.8, 4) is 0 Å². The van der Waals surface area contributed by atoms with E-state index in [1.54, 1.807) is 41.3 Å². The van der Waals surface area contributed by atoms with Crippen LogP contribution in [-0.4, -0.2) is 51.6 Å². The van der Waals surface area contributed by atoms with Crippen LogP contribution < -0.4 is 0 Å². The number of carbonyl (C=O) groups excluding carboxylic acids is 3. The predicted molar refractivity (Wildman–Crippen MR) is 113 cm³/mol. The zero-order chi connectivity index (χ0) is 22.0. The number of imide groups is 1. The first-order chi connectivity index (χ1) is 15.0. The fourth-order valence-electron chi connectivity index (χ4n) is 4.26. The van der Waals surface area contributed by atoms with Crippen molar-refractivity contribution in [2.75, 3.05) is 13.1 Å². The molecule has 1 atom stereocenters. The van der Waals surface area contributed by atoms with Crippen molar-refractivity contribution in [2.45, 2.75) is 38.1 Å². The Bertz CT molecular complexity index is 991. The molecule has 1 saturated heterocycles. The normalized spacial score (nSPS) is 17.3. The smallest absolute Gasteiger partial charge is 0.269 e. The number of rotatable bonds is 5. The highest BCUT2D eigenvalue weighted by Crippen LogP contribution is 2.27. The Labute approximate surface area is 179 Å². The van der Waals surface area contributed by atoms with Crippen molar-refractivity contribution in [2.24, 2.45) is 0 Å². The highest BCUT2D eigenvalue weighted by molar-refractivity contribution is 6.22. The van der Waals surface area contributed by atoms with Gasteiger partial charge in [-0.2, -0.15) is 0 Å². The number of nitro groups is 1. The van der Waals surface area contributed by atoms with Crippen LogP contribution in [0.25, 0.3) is 0 Å². The zero-order valence-electron chi connectivity index (χ0n) is 17.0. The van der Waals surface area contributed by atoms with Crippen LogP contribution in [0.5, 0.6) is 0 Å². The molecule has 2 heterocycles. The van der Waals surface area contributed by atoms with Gasteiger partial charge in [-0.25, -0.2) is 0 Å². The van der Waals surface area contributed by atoms with Gasteiger partial charge in [0.15, 0.2) is 0 Å². The van der Waals surface area contributed by atoms with E-state index in [1.165, 1.54) is 12.1 Å². The number of hydrogen-bond acceptors (Lipinski definition) is 5. The van der Waals surface area contributed by atoms with E-state index in [0.717, 1.165) is 30.6 Å². The minimum atomic E-state index is -0.994. The molecule has 3 amide bonds. The summed E-state index contributed by atoms with van der Waals surface area (Å²) in [6, 6.07) is 11.4. The van der Waals surface area contributed by atoms with Crippen LogP contribution >= 0.6 is 0 Å². The van der Waals surface area contributed by atoms with E-state index >= 15 is 0 Å². The monoisotopic (exact) mass is 421 g/mol. The molecule has 160 valence electrons. The average Bonchev–Trinajstić information content (AvgIpc) is 2.96. The van der Waals surface area contributed by atoms with E-state index in [4.69, 9.17) is 0 Å². The summed E-state index contributed by atoms with van der Waals surface area (Å²) in [6.07, 6.45) is 3.97. The molecule has 8 nitrogen and oxygen atoms in total.